The highest BCUT2D eigenvalue weighted by Crippen LogP contribution is 2.27. The molecule has 1 saturated heterocycles. The highest BCUT2D eigenvalue weighted by molar-refractivity contribution is 7.88. The predicted molar refractivity (Wildman–Crippen MR) is 132 cm³/mol. The molecule has 1 aliphatic rings. The van der Waals surface area contributed by atoms with Crippen LogP contribution in [0.1, 0.15) is 5.76 Å². The number of nitrogens with zero attached hydrogens (tertiary/aromatic N) is 2. The predicted octanol–water partition coefficient (Wildman–Crippen LogP) is 4.33. The lowest BCUT2D eigenvalue weighted by molar-refractivity contribution is -0.111. The molecule has 1 amide bonds. The number of piperazine rings is 1. The number of nitrogens with one attached hydrogen (secondary N) is 1. The third-order valence-corrected chi connectivity index (χ3v) is 6.92. The summed E-state index contributed by atoms with van der Waals surface area (Å²) in [5, 5.41) is 3.56. The van der Waals surface area contributed by atoms with Crippen molar-refractivity contribution in [1.29, 1.82) is 0 Å². The fraction of sp³-hybridized carbons (Fsp3) is 0.208. The zero-order valence-corrected chi connectivity index (χ0v) is 19.6. The molecule has 9 heteroatoms. The molecular weight excluding hydrogens is 462 g/mol. The monoisotopic (exact) mass is 485 g/mol. The fourth-order valence-corrected chi connectivity index (χ4v) is 4.61. The summed E-state index contributed by atoms with van der Waals surface area (Å²) in [6.07, 6.45) is 4.26. The van der Waals surface area contributed by atoms with E-state index in [4.69, 9.17) is 16.0 Å². The lowest BCUT2D eigenvalue weighted by atomic mass is 10.2. The first-order valence-electron chi connectivity index (χ1n) is 10.4. The average Bonchev–Trinajstić information content (AvgIpc) is 3.27. The number of hydrogen-bond donors (Lipinski definition) is 1. The molecular formula is C24H24ClN3O4S. The lowest BCUT2D eigenvalue weighted by Crippen LogP contribution is -2.48. The van der Waals surface area contributed by atoms with Crippen molar-refractivity contribution >= 4 is 45.0 Å². The number of para-hydroxylation sites is 2. The maximum absolute atomic E-state index is 12.6. The molecule has 4 rings (SSSR count). The van der Waals surface area contributed by atoms with Crippen LogP contribution in [0.2, 0.25) is 5.02 Å². The second-order valence-corrected chi connectivity index (χ2v) is 10.1. The number of carbonyl (C=O) groups excluding carboxylic acids is 1. The van der Waals surface area contributed by atoms with Crippen LogP contribution in [0, 0.1) is 0 Å². The number of anilines is 2. The van der Waals surface area contributed by atoms with E-state index in [2.05, 4.69) is 10.2 Å². The van der Waals surface area contributed by atoms with Gasteiger partial charge < -0.3 is 14.6 Å². The number of halogens is 1. The molecule has 1 aromatic heterocycles. The second kappa shape index (κ2) is 9.82. The number of amides is 1. The number of sulfonamides is 1. The van der Waals surface area contributed by atoms with E-state index in [1.807, 2.05) is 42.5 Å². The topological polar surface area (TPSA) is 82.9 Å². The highest BCUT2D eigenvalue weighted by atomic mass is 35.5. The van der Waals surface area contributed by atoms with Crippen LogP contribution in [0.25, 0.3) is 17.4 Å². The van der Waals surface area contributed by atoms with E-state index in [9.17, 15) is 13.2 Å². The standard InChI is InChI=1S/C24H24ClN3O4S/c1-33(30,31)28-16-14-27(15-17-28)22-5-3-2-4-21(22)26-24(29)13-11-20-10-12-23(32-20)18-6-8-19(25)9-7-18/h2-13H,14-17H2,1H3,(H,26,29). The maximum Gasteiger partial charge on any atom is 0.248 e. The first-order valence-corrected chi connectivity index (χ1v) is 12.7. The van der Waals surface area contributed by atoms with E-state index in [0.29, 0.717) is 48.4 Å². The van der Waals surface area contributed by atoms with Gasteiger partial charge in [-0.15, -0.1) is 0 Å². The van der Waals surface area contributed by atoms with Gasteiger partial charge in [0.05, 0.1) is 17.6 Å². The number of benzene rings is 2. The molecule has 0 unspecified atom stereocenters. The van der Waals surface area contributed by atoms with Crippen molar-refractivity contribution in [3.63, 3.8) is 0 Å². The molecule has 1 fully saturated rings. The molecule has 2 aromatic carbocycles. The molecule has 0 atom stereocenters. The van der Waals surface area contributed by atoms with Crippen LogP contribution in [-0.4, -0.2) is 51.1 Å². The van der Waals surface area contributed by atoms with Crippen LogP contribution < -0.4 is 10.2 Å². The van der Waals surface area contributed by atoms with E-state index in [1.54, 1.807) is 24.3 Å². The Kier molecular flexibility index (Phi) is 6.88. The molecule has 172 valence electrons. The van der Waals surface area contributed by atoms with Crippen molar-refractivity contribution in [3.8, 4) is 11.3 Å². The Morgan fingerprint density at radius 3 is 2.39 bits per heavy atom. The summed E-state index contributed by atoms with van der Waals surface area (Å²) in [5.74, 6) is 0.951. The van der Waals surface area contributed by atoms with Gasteiger partial charge in [0.1, 0.15) is 11.5 Å². The van der Waals surface area contributed by atoms with Crippen molar-refractivity contribution in [2.24, 2.45) is 0 Å². The zero-order chi connectivity index (χ0) is 23.4. The first-order chi connectivity index (χ1) is 15.8. The molecule has 3 aromatic rings. The number of rotatable bonds is 6. The van der Waals surface area contributed by atoms with Gasteiger partial charge in [0, 0.05) is 42.8 Å². The lowest BCUT2D eigenvalue weighted by Gasteiger charge is -2.35. The Bertz CT molecular complexity index is 1260. The number of hydrogen-bond acceptors (Lipinski definition) is 5. The minimum absolute atomic E-state index is 0.290. The van der Waals surface area contributed by atoms with Crippen molar-refractivity contribution in [2.75, 3.05) is 42.7 Å². The van der Waals surface area contributed by atoms with Gasteiger partial charge in [-0.3, -0.25) is 4.79 Å². The van der Waals surface area contributed by atoms with Gasteiger partial charge in [0.2, 0.25) is 15.9 Å². The Morgan fingerprint density at radius 1 is 1.00 bits per heavy atom. The third-order valence-electron chi connectivity index (χ3n) is 5.36. The van der Waals surface area contributed by atoms with Crippen molar-refractivity contribution < 1.29 is 17.6 Å². The van der Waals surface area contributed by atoms with Crippen LogP contribution in [0.3, 0.4) is 0 Å². The van der Waals surface area contributed by atoms with Gasteiger partial charge in [0.25, 0.3) is 0 Å². The molecule has 33 heavy (non-hydrogen) atoms. The molecule has 0 spiro atoms. The van der Waals surface area contributed by atoms with Crippen LogP contribution in [0.5, 0.6) is 0 Å². The smallest absolute Gasteiger partial charge is 0.248 e. The molecule has 7 nitrogen and oxygen atoms in total. The van der Waals surface area contributed by atoms with Crippen LogP contribution in [-0.2, 0) is 14.8 Å². The first kappa shape index (κ1) is 23.1. The van der Waals surface area contributed by atoms with E-state index in [1.165, 1.54) is 16.6 Å². The Hall–Kier alpha value is -3.07. The molecule has 1 N–H and O–H groups in total. The normalized spacial score (nSPS) is 15.2. The number of carbonyl (C=O) groups is 1. The molecule has 0 radical (unpaired) electrons. The Morgan fingerprint density at radius 2 is 1.70 bits per heavy atom. The highest BCUT2D eigenvalue weighted by Gasteiger charge is 2.24. The summed E-state index contributed by atoms with van der Waals surface area (Å²) in [6, 6.07) is 18.4. The van der Waals surface area contributed by atoms with Crippen LogP contribution in [0.4, 0.5) is 11.4 Å². The summed E-state index contributed by atoms with van der Waals surface area (Å²) in [4.78, 5) is 14.6. The summed E-state index contributed by atoms with van der Waals surface area (Å²) in [6.45, 7) is 1.93. The minimum Gasteiger partial charge on any atom is -0.457 e. The van der Waals surface area contributed by atoms with Crippen molar-refractivity contribution in [2.45, 2.75) is 0 Å². The Balaban J connectivity index is 1.40. The summed E-state index contributed by atoms with van der Waals surface area (Å²) in [5.41, 5.74) is 2.42. The Labute approximate surface area is 198 Å². The van der Waals surface area contributed by atoms with E-state index in [0.717, 1.165) is 11.3 Å². The summed E-state index contributed by atoms with van der Waals surface area (Å²) in [7, 11) is -3.20. The summed E-state index contributed by atoms with van der Waals surface area (Å²) >= 11 is 5.92. The quantitative estimate of drug-likeness (QED) is 0.525. The van der Waals surface area contributed by atoms with E-state index < -0.39 is 10.0 Å². The minimum atomic E-state index is -3.20. The largest absolute Gasteiger partial charge is 0.457 e. The van der Waals surface area contributed by atoms with Crippen LogP contribution >= 0.6 is 11.6 Å². The van der Waals surface area contributed by atoms with Gasteiger partial charge >= 0.3 is 0 Å². The molecule has 0 saturated carbocycles. The SMILES string of the molecule is CS(=O)(=O)N1CCN(c2ccccc2NC(=O)C=Cc2ccc(-c3ccc(Cl)cc3)o2)CC1. The third kappa shape index (κ3) is 5.84. The second-order valence-electron chi connectivity index (χ2n) is 7.70. The molecule has 1 aliphatic heterocycles. The maximum atomic E-state index is 12.6. The van der Waals surface area contributed by atoms with E-state index >= 15 is 0 Å². The average molecular weight is 486 g/mol. The fourth-order valence-electron chi connectivity index (χ4n) is 3.66. The van der Waals surface area contributed by atoms with Gasteiger partial charge in [-0.05, 0) is 54.6 Å². The van der Waals surface area contributed by atoms with Gasteiger partial charge in [0.15, 0.2) is 0 Å². The number of furan rings is 1. The summed E-state index contributed by atoms with van der Waals surface area (Å²) < 4.78 is 30.8. The van der Waals surface area contributed by atoms with Crippen molar-refractivity contribution in [3.05, 3.63) is 77.5 Å². The van der Waals surface area contributed by atoms with Gasteiger partial charge in [-0.2, -0.15) is 4.31 Å². The molecule has 0 bridgehead atoms. The van der Waals surface area contributed by atoms with Crippen LogP contribution in [0.15, 0.2) is 71.2 Å². The van der Waals surface area contributed by atoms with Gasteiger partial charge in [-0.25, -0.2) is 8.42 Å². The molecule has 0 aliphatic carbocycles. The van der Waals surface area contributed by atoms with Gasteiger partial charge in [-0.1, -0.05) is 23.7 Å². The zero-order valence-electron chi connectivity index (χ0n) is 18.1. The van der Waals surface area contributed by atoms with E-state index in [-0.39, 0.29) is 5.91 Å². The van der Waals surface area contributed by atoms with Crippen molar-refractivity contribution in [1.82, 2.24) is 4.31 Å². The molecule has 2 heterocycles.